The third-order valence-corrected chi connectivity index (χ3v) is 2.97. The second kappa shape index (κ2) is 4.94. The van der Waals surface area contributed by atoms with Crippen LogP contribution in [-0.4, -0.2) is 42.9 Å². The maximum Gasteiger partial charge on any atom is 0.271 e. The largest absolute Gasteiger partial charge is 0.396 e. The molecule has 102 valence electrons. The van der Waals surface area contributed by atoms with E-state index < -0.39 is 21.5 Å². The molecular weight excluding hydrogens is 258 g/mol. The predicted molar refractivity (Wildman–Crippen MR) is 67.4 cm³/mol. The van der Waals surface area contributed by atoms with Crippen LogP contribution in [0, 0.1) is 0 Å². The van der Waals surface area contributed by atoms with E-state index in [4.69, 9.17) is 5.73 Å². The Labute approximate surface area is 105 Å². The first-order chi connectivity index (χ1) is 8.11. The van der Waals surface area contributed by atoms with Gasteiger partial charge in [0.05, 0.1) is 18.1 Å². The zero-order valence-corrected chi connectivity index (χ0v) is 11.3. The van der Waals surface area contributed by atoms with Crippen molar-refractivity contribution < 1.29 is 13.2 Å². The number of nitrogens with two attached hydrogens (primary N) is 1. The van der Waals surface area contributed by atoms with Gasteiger partial charge < -0.3 is 11.1 Å². The highest BCUT2D eigenvalue weighted by Gasteiger charge is 2.23. The first kappa shape index (κ1) is 14.5. The lowest BCUT2D eigenvalue weighted by atomic mass is 10.1. The smallest absolute Gasteiger partial charge is 0.271 e. The molecule has 1 heterocycles. The number of hydrogen-bond acceptors (Lipinski definition) is 5. The minimum absolute atomic E-state index is 0.122. The summed E-state index contributed by atoms with van der Waals surface area (Å²) < 4.78 is 24.6. The van der Waals surface area contributed by atoms with E-state index in [0.717, 1.165) is 6.26 Å². The summed E-state index contributed by atoms with van der Waals surface area (Å²) in [5, 5.41) is 8.66. The van der Waals surface area contributed by atoms with Gasteiger partial charge in [-0.15, -0.1) is 0 Å². The molecule has 0 aliphatic carbocycles. The number of nitrogens with zero attached hydrogens (tertiary/aromatic N) is 1. The van der Waals surface area contributed by atoms with E-state index in [1.54, 1.807) is 13.8 Å². The molecule has 0 radical (unpaired) electrons. The van der Waals surface area contributed by atoms with Crippen LogP contribution in [0.1, 0.15) is 24.3 Å². The third kappa shape index (κ3) is 4.34. The number of aromatic amines is 1. The average molecular weight is 275 g/mol. The van der Waals surface area contributed by atoms with Crippen LogP contribution in [0.3, 0.4) is 0 Å². The van der Waals surface area contributed by atoms with E-state index in [1.807, 2.05) is 0 Å². The van der Waals surface area contributed by atoms with E-state index in [2.05, 4.69) is 20.2 Å². The Kier molecular flexibility index (Phi) is 3.97. The Morgan fingerprint density at radius 1 is 1.56 bits per heavy atom. The molecule has 8 nitrogen and oxygen atoms in total. The van der Waals surface area contributed by atoms with E-state index >= 15 is 0 Å². The first-order valence-electron chi connectivity index (χ1n) is 5.17. The topological polar surface area (TPSA) is 130 Å². The summed E-state index contributed by atoms with van der Waals surface area (Å²) in [6.45, 7) is 3.44. The van der Waals surface area contributed by atoms with Crippen molar-refractivity contribution in [2.75, 3.05) is 18.5 Å². The quantitative estimate of drug-likeness (QED) is 0.550. The van der Waals surface area contributed by atoms with Crippen molar-refractivity contribution in [3.05, 3.63) is 11.9 Å². The third-order valence-electron chi connectivity index (χ3n) is 2.05. The highest BCUT2D eigenvalue weighted by Crippen LogP contribution is 2.07. The van der Waals surface area contributed by atoms with Crippen LogP contribution in [0.2, 0.25) is 0 Å². The van der Waals surface area contributed by atoms with Gasteiger partial charge in [-0.05, 0) is 13.8 Å². The summed E-state index contributed by atoms with van der Waals surface area (Å²) >= 11 is 0. The van der Waals surface area contributed by atoms with Crippen LogP contribution in [0.15, 0.2) is 6.20 Å². The number of H-pyrrole nitrogens is 1. The van der Waals surface area contributed by atoms with Crippen molar-refractivity contribution in [1.82, 2.24) is 20.2 Å². The standard InChI is InChI=1S/C9H17N5O3S/c1-9(2,14-18(3,16)17)5-11-8(15)7-6(10)4-12-13-7/h4,14H,5,10H2,1-3H3,(H,11,15)(H,12,13). The lowest BCUT2D eigenvalue weighted by Gasteiger charge is -2.25. The van der Waals surface area contributed by atoms with Crippen molar-refractivity contribution in [2.45, 2.75) is 19.4 Å². The van der Waals surface area contributed by atoms with Crippen LogP contribution in [0.25, 0.3) is 0 Å². The Morgan fingerprint density at radius 2 is 2.17 bits per heavy atom. The molecule has 0 bridgehead atoms. The van der Waals surface area contributed by atoms with Crippen molar-refractivity contribution in [1.29, 1.82) is 0 Å². The van der Waals surface area contributed by atoms with Gasteiger partial charge in [0.15, 0.2) is 0 Å². The number of amides is 1. The fourth-order valence-corrected chi connectivity index (χ4v) is 2.48. The van der Waals surface area contributed by atoms with Gasteiger partial charge in [-0.1, -0.05) is 0 Å². The molecule has 9 heteroatoms. The highest BCUT2D eigenvalue weighted by molar-refractivity contribution is 7.88. The molecule has 0 aliphatic heterocycles. The van der Waals surface area contributed by atoms with E-state index in [-0.39, 0.29) is 17.9 Å². The molecule has 18 heavy (non-hydrogen) atoms. The Bertz CT molecular complexity index is 534. The van der Waals surface area contributed by atoms with Crippen LogP contribution in [0.4, 0.5) is 5.69 Å². The van der Waals surface area contributed by atoms with Gasteiger partial charge in [-0.2, -0.15) is 5.10 Å². The molecule has 1 aromatic heterocycles. The SMILES string of the molecule is CC(C)(CNC(=O)c1[nH]ncc1N)NS(C)(=O)=O. The maximum absolute atomic E-state index is 11.7. The molecule has 0 aromatic carbocycles. The Morgan fingerprint density at radius 3 is 2.61 bits per heavy atom. The molecule has 0 aliphatic rings. The molecular formula is C9H17N5O3S. The summed E-state index contributed by atoms with van der Waals surface area (Å²) in [5.74, 6) is -0.437. The van der Waals surface area contributed by atoms with Crippen molar-refractivity contribution in [2.24, 2.45) is 0 Å². The minimum atomic E-state index is -3.34. The zero-order valence-electron chi connectivity index (χ0n) is 10.4. The lowest BCUT2D eigenvalue weighted by molar-refractivity contribution is 0.0940. The fraction of sp³-hybridized carbons (Fsp3) is 0.556. The van der Waals surface area contributed by atoms with Crippen molar-refractivity contribution in [3.63, 3.8) is 0 Å². The Balaban J connectivity index is 2.61. The van der Waals surface area contributed by atoms with Crippen LogP contribution < -0.4 is 15.8 Å². The molecule has 0 spiro atoms. The van der Waals surface area contributed by atoms with Gasteiger partial charge in [0, 0.05) is 12.1 Å². The van der Waals surface area contributed by atoms with Crippen molar-refractivity contribution in [3.8, 4) is 0 Å². The Hall–Kier alpha value is -1.61. The van der Waals surface area contributed by atoms with E-state index in [9.17, 15) is 13.2 Å². The highest BCUT2D eigenvalue weighted by atomic mass is 32.2. The first-order valence-corrected chi connectivity index (χ1v) is 7.06. The van der Waals surface area contributed by atoms with Gasteiger partial charge >= 0.3 is 0 Å². The van der Waals surface area contributed by atoms with Gasteiger partial charge in [-0.3, -0.25) is 9.89 Å². The monoisotopic (exact) mass is 275 g/mol. The molecule has 1 aromatic rings. The number of sulfonamides is 1. The second-order valence-corrected chi connectivity index (χ2v) is 6.39. The van der Waals surface area contributed by atoms with Crippen LogP contribution in [-0.2, 0) is 10.0 Å². The van der Waals surface area contributed by atoms with E-state index in [0.29, 0.717) is 0 Å². The minimum Gasteiger partial charge on any atom is -0.396 e. The summed E-state index contributed by atoms with van der Waals surface area (Å²) in [7, 11) is -3.34. The maximum atomic E-state index is 11.7. The van der Waals surface area contributed by atoms with Gasteiger partial charge in [-0.25, -0.2) is 13.1 Å². The molecule has 0 atom stereocenters. The van der Waals surface area contributed by atoms with E-state index in [1.165, 1.54) is 6.20 Å². The molecule has 1 amide bonds. The molecule has 0 saturated carbocycles. The number of carbonyl (C=O) groups is 1. The predicted octanol–water partition coefficient (Wildman–Crippen LogP) is -0.950. The lowest BCUT2D eigenvalue weighted by Crippen LogP contribution is -2.51. The number of rotatable bonds is 5. The molecule has 0 saturated heterocycles. The summed E-state index contributed by atoms with van der Waals surface area (Å²) in [5.41, 5.74) is 5.12. The summed E-state index contributed by atoms with van der Waals surface area (Å²) in [6, 6.07) is 0. The number of nitrogen functional groups attached to an aromatic ring is 1. The molecule has 1 rings (SSSR count). The molecule has 0 fully saturated rings. The van der Waals surface area contributed by atoms with Crippen molar-refractivity contribution >= 4 is 21.6 Å². The zero-order chi connectivity index (χ0) is 14.0. The van der Waals surface area contributed by atoms with Crippen LogP contribution >= 0.6 is 0 Å². The number of hydrogen-bond donors (Lipinski definition) is 4. The number of aromatic nitrogens is 2. The molecule has 5 N–H and O–H groups in total. The second-order valence-electron chi connectivity index (χ2n) is 4.64. The molecule has 0 unspecified atom stereocenters. The summed E-state index contributed by atoms with van der Waals surface area (Å²) in [4.78, 5) is 11.7. The summed E-state index contributed by atoms with van der Waals surface area (Å²) in [6.07, 6.45) is 2.39. The fourth-order valence-electron chi connectivity index (χ4n) is 1.40. The van der Waals surface area contributed by atoms with Gasteiger partial charge in [0.2, 0.25) is 10.0 Å². The average Bonchev–Trinajstić information content (AvgIpc) is 2.57. The van der Waals surface area contributed by atoms with Gasteiger partial charge in [0.25, 0.3) is 5.91 Å². The number of anilines is 1. The number of carbonyl (C=O) groups excluding carboxylic acids is 1. The normalized spacial score (nSPS) is 12.4. The van der Waals surface area contributed by atoms with Gasteiger partial charge in [0.1, 0.15) is 5.69 Å². The van der Waals surface area contributed by atoms with Crippen LogP contribution in [0.5, 0.6) is 0 Å². The number of nitrogens with one attached hydrogen (secondary N) is 3.